The van der Waals surface area contributed by atoms with Gasteiger partial charge in [0.15, 0.2) is 10.8 Å². The van der Waals surface area contributed by atoms with Crippen LogP contribution < -0.4 is 0 Å². The van der Waals surface area contributed by atoms with Crippen molar-refractivity contribution in [3.8, 4) is 0 Å². The Morgan fingerprint density at radius 3 is 2.94 bits per heavy atom. The number of ether oxygens (including phenoxy) is 1. The van der Waals surface area contributed by atoms with E-state index in [0.717, 1.165) is 0 Å². The molecule has 2 aromatic heterocycles. The first-order chi connectivity index (χ1) is 8.04. The summed E-state index contributed by atoms with van der Waals surface area (Å²) >= 11 is 5.77. The third kappa shape index (κ3) is 1.96. The van der Waals surface area contributed by atoms with Crippen molar-refractivity contribution in [2.45, 2.75) is 13.0 Å². The third-order valence-corrected chi connectivity index (χ3v) is 2.64. The number of halogens is 1. The van der Waals surface area contributed by atoms with E-state index in [2.05, 4.69) is 10.1 Å². The molecule has 0 spiro atoms. The van der Waals surface area contributed by atoms with Crippen molar-refractivity contribution in [3.05, 3.63) is 28.7 Å². The fourth-order valence-electron chi connectivity index (χ4n) is 1.59. The summed E-state index contributed by atoms with van der Waals surface area (Å²) in [5.74, 6) is -1.08. The molecule has 0 bridgehead atoms. The predicted octanol–water partition coefficient (Wildman–Crippen LogP) is 1.79. The van der Waals surface area contributed by atoms with Crippen LogP contribution in [0.2, 0.25) is 5.15 Å². The van der Waals surface area contributed by atoms with E-state index >= 15 is 0 Å². The Labute approximate surface area is 102 Å². The van der Waals surface area contributed by atoms with Gasteiger partial charge in [-0.1, -0.05) is 11.6 Å². The van der Waals surface area contributed by atoms with Crippen LogP contribution >= 0.6 is 11.6 Å². The number of aromatic nitrogens is 3. The molecule has 17 heavy (non-hydrogen) atoms. The monoisotopic (exact) mass is 255 g/mol. The van der Waals surface area contributed by atoms with Crippen LogP contribution in [0.1, 0.15) is 29.1 Å². The Morgan fingerprint density at radius 2 is 2.35 bits per heavy atom. The van der Waals surface area contributed by atoms with Crippen LogP contribution in [-0.2, 0) is 4.74 Å². The molecule has 1 unspecified atom stereocenters. The van der Waals surface area contributed by atoms with E-state index in [1.807, 2.05) is 0 Å². The van der Waals surface area contributed by atoms with Crippen molar-refractivity contribution in [2.24, 2.45) is 0 Å². The molecule has 0 fully saturated rings. The summed E-state index contributed by atoms with van der Waals surface area (Å²) in [6, 6.07) is 1.55. The molecule has 90 valence electrons. The lowest BCUT2D eigenvalue weighted by atomic mass is 10.1. The maximum Gasteiger partial charge on any atom is 0.339 e. The van der Waals surface area contributed by atoms with Gasteiger partial charge in [0.25, 0.3) is 0 Å². The number of fused-ring (bicyclic) bond motifs is 1. The molecule has 0 saturated heterocycles. The zero-order chi connectivity index (χ0) is 12.6. The number of carbonyl (C=O) groups is 1. The highest BCUT2D eigenvalue weighted by Crippen LogP contribution is 2.22. The number of carboxylic acids is 1. The van der Waals surface area contributed by atoms with Crippen LogP contribution in [0, 0.1) is 0 Å². The summed E-state index contributed by atoms with van der Waals surface area (Å²) in [7, 11) is 1.49. The maximum atomic E-state index is 11.1. The van der Waals surface area contributed by atoms with Crippen LogP contribution in [0.4, 0.5) is 0 Å². The van der Waals surface area contributed by atoms with Crippen molar-refractivity contribution in [3.63, 3.8) is 0 Å². The number of hydrogen-bond donors (Lipinski definition) is 1. The lowest BCUT2D eigenvalue weighted by Gasteiger charge is -2.13. The van der Waals surface area contributed by atoms with Gasteiger partial charge in [0.05, 0.1) is 11.8 Å². The van der Waals surface area contributed by atoms with Gasteiger partial charge in [0, 0.05) is 19.4 Å². The largest absolute Gasteiger partial charge is 0.478 e. The Kier molecular flexibility index (Phi) is 2.99. The molecule has 1 N–H and O–H groups in total. The smallest absolute Gasteiger partial charge is 0.339 e. The van der Waals surface area contributed by atoms with Gasteiger partial charge in [-0.2, -0.15) is 5.10 Å². The maximum absolute atomic E-state index is 11.1. The lowest BCUT2D eigenvalue weighted by Crippen LogP contribution is -2.14. The molecule has 0 saturated carbocycles. The summed E-state index contributed by atoms with van der Waals surface area (Å²) in [5, 5.41) is 13.4. The standard InChI is InChI=1S/C10H10ClN3O3/c1-5(17-2)9-6(10(15)16)4-12-8-3-7(11)13-14(8)9/h3-5H,1-2H3,(H,15,16). The second-order valence-corrected chi connectivity index (χ2v) is 3.86. The van der Waals surface area contributed by atoms with Gasteiger partial charge in [0.2, 0.25) is 0 Å². The first kappa shape index (κ1) is 11.8. The fourth-order valence-corrected chi connectivity index (χ4v) is 1.76. The second-order valence-electron chi connectivity index (χ2n) is 3.48. The number of rotatable bonds is 3. The third-order valence-electron chi connectivity index (χ3n) is 2.46. The summed E-state index contributed by atoms with van der Waals surface area (Å²) in [4.78, 5) is 15.1. The molecular formula is C10H10ClN3O3. The van der Waals surface area contributed by atoms with E-state index < -0.39 is 12.1 Å². The Balaban J connectivity index is 2.78. The predicted molar refractivity (Wildman–Crippen MR) is 60.4 cm³/mol. The Morgan fingerprint density at radius 1 is 1.65 bits per heavy atom. The van der Waals surface area contributed by atoms with Crippen molar-refractivity contribution < 1.29 is 14.6 Å². The highest BCUT2D eigenvalue weighted by Gasteiger charge is 2.21. The highest BCUT2D eigenvalue weighted by atomic mass is 35.5. The van der Waals surface area contributed by atoms with Gasteiger partial charge in [-0.05, 0) is 6.92 Å². The molecule has 2 aromatic rings. The minimum atomic E-state index is -1.08. The molecule has 2 rings (SSSR count). The summed E-state index contributed by atoms with van der Waals surface area (Å²) < 4.78 is 6.54. The molecule has 0 aliphatic rings. The zero-order valence-electron chi connectivity index (χ0n) is 9.22. The van der Waals surface area contributed by atoms with Crippen molar-refractivity contribution in [1.82, 2.24) is 14.6 Å². The number of nitrogens with zero attached hydrogens (tertiary/aromatic N) is 3. The van der Waals surface area contributed by atoms with E-state index in [4.69, 9.17) is 21.4 Å². The molecule has 0 aliphatic carbocycles. The van der Waals surface area contributed by atoms with Gasteiger partial charge >= 0.3 is 5.97 Å². The lowest BCUT2D eigenvalue weighted by molar-refractivity contribution is 0.0678. The van der Waals surface area contributed by atoms with Gasteiger partial charge in [0.1, 0.15) is 5.56 Å². The minimum Gasteiger partial charge on any atom is -0.478 e. The molecule has 6 nitrogen and oxygen atoms in total. The normalized spacial score (nSPS) is 12.9. The summed E-state index contributed by atoms with van der Waals surface area (Å²) in [6.45, 7) is 1.73. The SMILES string of the molecule is COC(C)c1c(C(=O)O)cnc2cc(Cl)nn12. The first-order valence-corrected chi connectivity index (χ1v) is 5.22. The van der Waals surface area contributed by atoms with Crippen molar-refractivity contribution in [1.29, 1.82) is 0 Å². The van der Waals surface area contributed by atoms with Gasteiger partial charge < -0.3 is 9.84 Å². The minimum absolute atomic E-state index is 0.0478. The van der Waals surface area contributed by atoms with Crippen LogP contribution in [0.25, 0.3) is 5.65 Å². The quantitative estimate of drug-likeness (QED) is 0.905. The first-order valence-electron chi connectivity index (χ1n) is 4.85. The van der Waals surface area contributed by atoms with E-state index in [-0.39, 0.29) is 10.7 Å². The van der Waals surface area contributed by atoms with Gasteiger partial charge in [-0.3, -0.25) is 0 Å². The van der Waals surface area contributed by atoms with Gasteiger partial charge in [-0.15, -0.1) is 0 Å². The van der Waals surface area contributed by atoms with E-state index in [9.17, 15) is 4.79 Å². The van der Waals surface area contributed by atoms with Crippen LogP contribution in [-0.4, -0.2) is 32.8 Å². The van der Waals surface area contributed by atoms with Crippen LogP contribution in [0.3, 0.4) is 0 Å². The molecular weight excluding hydrogens is 246 g/mol. The average Bonchev–Trinajstić information content (AvgIpc) is 2.66. The fraction of sp³-hybridized carbons (Fsp3) is 0.300. The molecule has 2 heterocycles. The van der Waals surface area contributed by atoms with Gasteiger partial charge in [-0.25, -0.2) is 14.3 Å². The zero-order valence-corrected chi connectivity index (χ0v) is 9.97. The topological polar surface area (TPSA) is 76.7 Å². The van der Waals surface area contributed by atoms with E-state index in [0.29, 0.717) is 11.3 Å². The molecule has 0 amide bonds. The van der Waals surface area contributed by atoms with E-state index in [1.54, 1.807) is 13.0 Å². The molecule has 0 aromatic carbocycles. The van der Waals surface area contributed by atoms with Crippen molar-refractivity contribution >= 4 is 23.2 Å². The molecule has 0 radical (unpaired) electrons. The number of methoxy groups -OCH3 is 1. The van der Waals surface area contributed by atoms with Crippen molar-refractivity contribution in [2.75, 3.05) is 7.11 Å². The summed E-state index contributed by atoms with van der Waals surface area (Å²) in [6.07, 6.45) is 0.850. The summed E-state index contributed by atoms with van der Waals surface area (Å²) in [5.41, 5.74) is 0.947. The number of carboxylic acid groups (broad SMARTS) is 1. The van der Waals surface area contributed by atoms with E-state index in [1.165, 1.54) is 17.8 Å². The number of aromatic carboxylic acids is 1. The second kappa shape index (κ2) is 4.31. The van der Waals surface area contributed by atoms with Crippen LogP contribution in [0.5, 0.6) is 0 Å². The average molecular weight is 256 g/mol. The molecule has 1 atom stereocenters. The molecule has 0 aliphatic heterocycles. The number of hydrogen-bond acceptors (Lipinski definition) is 4. The Hall–Kier alpha value is -1.66. The Bertz CT molecular complexity index is 581. The highest BCUT2D eigenvalue weighted by molar-refractivity contribution is 6.29. The molecule has 7 heteroatoms. The van der Waals surface area contributed by atoms with Crippen LogP contribution in [0.15, 0.2) is 12.3 Å².